The van der Waals surface area contributed by atoms with Gasteiger partial charge in [0.2, 0.25) is 0 Å². The second-order valence-electron chi connectivity index (χ2n) is 5.32. The molecule has 6 nitrogen and oxygen atoms in total. The van der Waals surface area contributed by atoms with Gasteiger partial charge in [-0.05, 0) is 50.5 Å². The fourth-order valence-electron chi connectivity index (χ4n) is 2.59. The summed E-state index contributed by atoms with van der Waals surface area (Å²) in [6, 6.07) is 6.17. The molecule has 2 rings (SSSR count). The number of carbonyl (C=O) groups excluding carboxylic acids is 1. The van der Waals surface area contributed by atoms with Gasteiger partial charge in [-0.3, -0.25) is 4.79 Å². The first-order chi connectivity index (χ1) is 10.5. The van der Waals surface area contributed by atoms with Gasteiger partial charge in [0, 0.05) is 6.54 Å². The third-order valence-electron chi connectivity index (χ3n) is 3.79. The summed E-state index contributed by atoms with van der Waals surface area (Å²) in [6.07, 6.45) is 1.42. The zero-order valence-corrected chi connectivity index (χ0v) is 12.8. The zero-order chi connectivity index (χ0) is 16.1. The molecule has 0 aliphatic carbocycles. The zero-order valence-electron chi connectivity index (χ0n) is 12.8. The summed E-state index contributed by atoms with van der Waals surface area (Å²) in [4.78, 5) is 25.1. The molecule has 0 spiro atoms. The van der Waals surface area contributed by atoms with Gasteiger partial charge in [0.1, 0.15) is 17.5 Å². The Kier molecular flexibility index (Phi) is 5.25. The SMILES string of the molecule is COc1ccc(OC(C)C(=O)N2CCCC[C@@H]2C(=O)O)cc1. The molecular formula is C16H21NO5. The monoisotopic (exact) mass is 307 g/mol. The standard InChI is InChI=1S/C16H21NO5/c1-11(22-13-8-6-12(21-2)7-9-13)15(18)17-10-4-3-5-14(17)16(19)20/h6-9,11,14H,3-5,10H2,1-2H3,(H,19,20)/t11?,14-/m1/s1. The third-order valence-corrected chi connectivity index (χ3v) is 3.79. The maximum atomic E-state index is 12.5. The van der Waals surface area contributed by atoms with E-state index in [1.807, 2.05) is 0 Å². The lowest BCUT2D eigenvalue weighted by Crippen LogP contribution is -2.52. The molecule has 1 aliphatic heterocycles. The van der Waals surface area contributed by atoms with Gasteiger partial charge in [-0.25, -0.2) is 4.79 Å². The van der Waals surface area contributed by atoms with Crippen molar-refractivity contribution in [2.45, 2.75) is 38.3 Å². The van der Waals surface area contributed by atoms with Gasteiger partial charge in [0.05, 0.1) is 7.11 Å². The summed E-state index contributed by atoms with van der Waals surface area (Å²) >= 11 is 0. The average Bonchev–Trinajstić information content (AvgIpc) is 2.54. The number of ether oxygens (including phenoxy) is 2. The van der Waals surface area contributed by atoms with Gasteiger partial charge in [-0.2, -0.15) is 0 Å². The van der Waals surface area contributed by atoms with Gasteiger partial charge < -0.3 is 19.5 Å². The van der Waals surface area contributed by atoms with Gasteiger partial charge in [0.25, 0.3) is 5.91 Å². The van der Waals surface area contributed by atoms with Gasteiger partial charge in [-0.1, -0.05) is 0 Å². The van der Waals surface area contributed by atoms with Crippen LogP contribution in [-0.4, -0.2) is 47.7 Å². The smallest absolute Gasteiger partial charge is 0.326 e. The number of carboxylic acids is 1. The van der Waals surface area contributed by atoms with E-state index in [9.17, 15) is 14.7 Å². The lowest BCUT2D eigenvalue weighted by Gasteiger charge is -2.34. The number of amides is 1. The van der Waals surface area contributed by atoms with Crippen LogP contribution in [0.25, 0.3) is 0 Å². The van der Waals surface area contributed by atoms with Crippen molar-refractivity contribution in [2.24, 2.45) is 0 Å². The van der Waals surface area contributed by atoms with E-state index in [2.05, 4.69) is 0 Å². The molecule has 1 aliphatic rings. The molecule has 6 heteroatoms. The molecule has 22 heavy (non-hydrogen) atoms. The van der Waals surface area contributed by atoms with Gasteiger partial charge in [-0.15, -0.1) is 0 Å². The minimum atomic E-state index is -0.954. The first-order valence-corrected chi connectivity index (χ1v) is 7.37. The number of piperidine rings is 1. The van der Waals surface area contributed by atoms with E-state index in [1.165, 1.54) is 4.90 Å². The molecule has 0 radical (unpaired) electrons. The highest BCUT2D eigenvalue weighted by atomic mass is 16.5. The third kappa shape index (κ3) is 3.69. The van der Waals surface area contributed by atoms with E-state index in [4.69, 9.17) is 9.47 Å². The molecule has 1 aromatic carbocycles. The van der Waals surface area contributed by atoms with E-state index in [0.29, 0.717) is 24.5 Å². The van der Waals surface area contributed by atoms with E-state index in [0.717, 1.165) is 12.8 Å². The first kappa shape index (κ1) is 16.1. The number of rotatable bonds is 5. The fourth-order valence-corrected chi connectivity index (χ4v) is 2.59. The van der Waals surface area contributed by atoms with Crippen LogP contribution in [0, 0.1) is 0 Å². The molecule has 1 unspecified atom stereocenters. The van der Waals surface area contributed by atoms with E-state index < -0.39 is 18.1 Å². The normalized spacial score (nSPS) is 19.4. The van der Waals surface area contributed by atoms with Crippen LogP contribution < -0.4 is 9.47 Å². The Morgan fingerprint density at radius 2 is 1.86 bits per heavy atom. The lowest BCUT2D eigenvalue weighted by molar-refractivity contribution is -0.155. The number of likely N-dealkylation sites (tertiary alicyclic amines) is 1. The Hall–Kier alpha value is -2.24. The molecule has 1 fully saturated rings. The number of carboxylic acid groups (broad SMARTS) is 1. The number of hydrogen-bond acceptors (Lipinski definition) is 4. The maximum absolute atomic E-state index is 12.5. The number of hydrogen-bond donors (Lipinski definition) is 1. The molecule has 1 saturated heterocycles. The highest BCUT2D eigenvalue weighted by Crippen LogP contribution is 2.21. The Bertz CT molecular complexity index is 528. The molecule has 1 amide bonds. The summed E-state index contributed by atoms with van der Waals surface area (Å²) in [5, 5.41) is 9.24. The van der Waals surface area contributed by atoms with E-state index in [1.54, 1.807) is 38.3 Å². The summed E-state index contributed by atoms with van der Waals surface area (Å²) in [6.45, 7) is 2.10. The van der Waals surface area contributed by atoms with Gasteiger partial charge >= 0.3 is 5.97 Å². The van der Waals surface area contributed by atoms with Crippen LogP contribution in [0.2, 0.25) is 0 Å². The predicted molar refractivity (Wildman–Crippen MR) is 80.1 cm³/mol. The summed E-state index contributed by atoms with van der Waals surface area (Å²) in [5.74, 6) is 0.00597. The second kappa shape index (κ2) is 7.15. The number of nitrogens with zero attached hydrogens (tertiary/aromatic N) is 1. The molecular weight excluding hydrogens is 286 g/mol. The van der Waals surface area contributed by atoms with Crippen LogP contribution in [0.15, 0.2) is 24.3 Å². The van der Waals surface area contributed by atoms with Crippen LogP contribution in [0.1, 0.15) is 26.2 Å². The fraction of sp³-hybridized carbons (Fsp3) is 0.500. The summed E-state index contributed by atoms with van der Waals surface area (Å²) < 4.78 is 10.7. The second-order valence-corrected chi connectivity index (χ2v) is 5.32. The molecule has 0 bridgehead atoms. The number of benzene rings is 1. The van der Waals surface area contributed by atoms with Crippen molar-refractivity contribution in [3.8, 4) is 11.5 Å². The van der Waals surface area contributed by atoms with Crippen LogP contribution >= 0.6 is 0 Å². The minimum absolute atomic E-state index is 0.289. The van der Waals surface area contributed by atoms with Crippen LogP contribution in [0.5, 0.6) is 11.5 Å². The van der Waals surface area contributed by atoms with Crippen molar-refractivity contribution < 1.29 is 24.2 Å². The average molecular weight is 307 g/mol. The molecule has 1 N–H and O–H groups in total. The van der Waals surface area contributed by atoms with Crippen LogP contribution in [0.4, 0.5) is 0 Å². The highest BCUT2D eigenvalue weighted by molar-refractivity contribution is 5.86. The largest absolute Gasteiger partial charge is 0.497 e. The number of methoxy groups -OCH3 is 1. The van der Waals surface area contributed by atoms with E-state index >= 15 is 0 Å². The van der Waals surface area contributed by atoms with Crippen molar-refractivity contribution in [3.63, 3.8) is 0 Å². The van der Waals surface area contributed by atoms with Crippen molar-refractivity contribution in [3.05, 3.63) is 24.3 Å². The maximum Gasteiger partial charge on any atom is 0.326 e. The number of aliphatic carboxylic acids is 1. The Labute approximate surface area is 129 Å². The molecule has 2 atom stereocenters. The van der Waals surface area contributed by atoms with Crippen molar-refractivity contribution >= 4 is 11.9 Å². The quantitative estimate of drug-likeness (QED) is 0.899. The van der Waals surface area contributed by atoms with Crippen LogP contribution in [-0.2, 0) is 9.59 Å². The summed E-state index contributed by atoms with van der Waals surface area (Å²) in [7, 11) is 1.57. The Balaban J connectivity index is 2.02. The Morgan fingerprint density at radius 3 is 2.45 bits per heavy atom. The van der Waals surface area contributed by atoms with Crippen molar-refractivity contribution in [1.82, 2.24) is 4.90 Å². The Morgan fingerprint density at radius 1 is 1.23 bits per heavy atom. The molecule has 0 aromatic heterocycles. The van der Waals surface area contributed by atoms with Gasteiger partial charge in [0.15, 0.2) is 6.10 Å². The minimum Gasteiger partial charge on any atom is -0.497 e. The van der Waals surface area contributed by atoms with Crippen molar-refractivity contribution in [1.29, 1.82) is 0 Å². The van der Waals surface area contributed by atoms with E-state index in [-0.39, 0.29) is 5.91 Å². The molecule has 1 aromatic rings. The highest BCUT2D eigenvalue weighted by Gasteiger charge is 2.34. The summed E-state index contributed by atoms with van der Waals surface area (Å²) in [5.41, 5.74) is 0. The molecule has 120 valence electrons. The lowest BCUT2D eigenvalue weighted by atomic mass is 10.0. The predicted octanol–water partition coefficient (Wildman–Crippen LogP) is 1.93. The van der Waals surface area contributed by atoms with Crippen LogP contribution in [0.3, 0.4) is 0 Å². The topological polar surface area (TPSA) is 76.1 Å². The molecule has 0 saturated carbocycles. The molecule has 1 heterocycles. The number of carbonyl (C=O) groups is 2. The first-order valence-electron chi connectivity index (χ1n) is 7.37. The van der Waals surface area contributed by atoms with Crippen molar-refractivity contribution in [2.75, 3.05) is 13.7 Å².